The Hall–Kier alpha value is -1.06. The molecule has 1 aromatic rings. The second-order valence-electron chi connectivity index (χ2n) is 7.61. The number of carbonyl (C=O) groups excluding carboxylic acids is 1. The molecule has 1 saturated carbocycles. The van der Waals surface area contributed by atoms with Crippen LogP contribution in [0.15, 0.2) is 30.3 Å². The topological polar surface area (TPSA) is 46.3 Å². The van der Waals surface area contributed by atoms with Crippen LogP contribution in [-0.2, 0) is 4.79 Å². The fourth-order valence-corrected chi connectivity index (χ4v) is 4.41. The Morgan fingerprint density at radius 3 is 2.21 bits per heavy atom. The number of hydrogen-bond donors (Lipinski definition) is 1. The van der Waals surface area contributed by atoms with E-state index in [0.29, 0.717) is 5.41 Å². The summed E-state index contributed by atoms with van der Waals surface area (Å²) in [5.74, 6) is 0.0739. The van der Waals surface area contributed by atoms with E-state index in [2.05, 4.69) is 4.90 Å². The molecule has 1 heterocycles. The van der Waals surface area contributed by atoms with Gasteiger partial charge >= 0.3 is 0 Å². The Kier molecular flexibility index (Phi) is 6.70. The Morgan fingerprint density at radius 1 is 1.04 bits per heavy atom. The van der Waals surface area contributed by atoms with E-state index in [1.54, 1.807) is 0 Å². The van der Waals surface area contributed by atoms with E-state index in [4.69, 9.17) is 5.73 Å². The third-order valence-electron chi connectivity index (χ3n) is 6.16. The predicted octanol–water partition coefficient (Wildman–Crippen LogP) is 4.32. The molecule has 24 heavy (non-hydrogen) atoms. The van der Waals surface area contributed by atoms with E-state index in [0.717, 1.165) is 18.7 Å². The SMILES string of the molecule is CC(C(=O)N1CCC2(CCCCC2)CC1)C(N)c1ccccc1.Cl. The van der Waals surface area contributed by atoms with Crippen molar-refractivity contribution in [2.45, 2.75) is 57.9 Å². The van der Waals surface area contributed by atoms with Crippen molar-refractivity contribution >= 4 is 18.3 Å². The van der Waals surface area contributed by atoms with Crippen LogP contribution in [0.2, 0.25) is 0 Å². The summed E-state index contributed by atoms with van der Waals surface area (Å²) in [5.41, 5.74) is 7.93. The van der Waals surface area contributed by atoms with Crippen molar-refractivity contribution in [2.75, 3.05) is 13.1 Å². The maximum atomic E-state index is 12.8. The zero-order valence-electron chi connectivity index (χ0n) is 14.7. The molecule has 2 N–H and O–H groups in total. The van der Waals surface area contributed by atoms with Gasteiger partial charge in [0.15, 0.2) is 0 Å². The van der Waals surface area contributed by atoms with Gasteiger partial charge in [-0.15, -0.1) is 12.4 Å². The standard InChI is InChI=1S/C20H30N2O.ClH/c1-16(18(21)17-8-4-2-5-9-17)19(23)22-14-12-20(13-15-22)10-6-3-7-11-20;/h2,4-5,8-9,16,18H,3,6-7,10-15,21H2,1H3;1H. The van der Waals surface area contributed by atoms with E-state index < -0.39 is 0 Å². The summed E-state index contributed by atoms with van der Waals surface area (Å²) in [6.45, 7) is 3.82. The van der Waals surface area contributed by atoms with Crippen LogP contribution in [0.1, 0.15) is 63.5 Å². The van der Waals surface area contributed by atoms with Gasteiger partial charge in [-0.3, -0.25) is 4.79 Å². The minimum Gasteiger partial charge on any atom is -0.342 e. The van der Waals surface area contributed by atoms with Gasteiger partial charge in [0.05, 0.1) is 5.92 Å². The van der Waals surface area contributed by atoms with Crippen molar-refractivity contribution < 1.29 is 4.79 Å². The maximum absolute atomic E-state index is 12.8. The molecule has 0 radical (unpaired) electrons. The number of carbonyl (C=O) groups is 1. The number of halogens is 1. The zero-order valence-corrected chi connectivity index (χ0v) is 15.6. The van der Waals surface area contributed by atoms with Gasteiger partial charge in [-0.1, -0.05) is 56.5 Å². The predicted molar refractivity (Wildman–Crippen MR) is 101 cm³/mol. The number of rotatable bonds is 3. The first kappa shape index (κ1) is 19.3. The monoisotopic (exact) mass is 350 g/mol. The third-order valence-corrected chi connectivity index (χ3v) is 6.16. The van der Waals surface area contributed by atoms with Crippen molar-refractivity contribution in [3.8, 4) is 0 Å². The normalized spacial score (nSPS) is 22.5. The molecular formula is C20H31ClN2O. The lowest BCUT2D eigenvalue weighted by Crippen LogP contribution is -2.47. The van der Waals surface area contributed by atoms with Crippen LogP contribution in [0.4, 0.5) is 0 Å². The van der Waals surface area contributed by atoms with Crippen LogP contribution in [0.5, 0.6) is 0 Å². The molecule has 2 fully saturated rings. The number of hydrogen-bond acceptors (Lipinski definition) is 2. The second-order valence-corrected chi connectivity index (χ2v) is 7.61. The van der Waals surface area contributed by atoms with Crippen molar-refractivity contribution in [1.82, 2.24) is 4.90 Å². The highest BCUT2D eigenvalue weighted by molar-refractivity contribution is 5.85. The van der Waals surface area contributed by atoms with Gasteiger partial charge in [-0.25, -0.2) is 0 Å². The molecule has 2 atom stereocenters. The first-order valence-electron chi connectivity index (χ1n) is 9.21. The largest absolute Gasteiger partial charge is 0.342 e. The third kappa shape index (κ3) is 4.12. The van der Waals surface area contributed by atoms with Crippen molar-refractivity contribution in [3.05, 3.63) is 35.9 Å². The summed E-state index contributed by atoms with van der Waals surface area (Å²) in [5, 5.41) is 0. The quantitative estimate of drug-likeness (QED) is 0.882. The van der Waals surface area contributed by atoms with E-state index >= 15 is 0 Å². The first-order chi connectivity index (χ1) is 11.1. The first-order valence-corrected chi connectivity index (χ1v) is 9.21. The second kappa shape index (κ2) is 8.35. The Bertz CT molecular complexity index is 518. The van der Waals surface area contributed by atoms with Crippen LogP contribution in [0, 0.1) is 11.3 Å². The number of piperidine rings is 1. The number of amides is 1. The van der Waals surface area contributed by atoms with Crippen LogP contribution in [0.25, 0.3) is 0 Å². The molecule has 1 spiro atoms. The molecule has 1 aliphatic carbocycles. The van der Waals surface area contributed by atoms with Gasteiger partial charge in [-0.2, -0.15) is 0 Å². The van der Waals surface area contributed by atoms with Crippen molar-refractivity contribution in [2.24, 2.45) is 17.1 Å². The van der Waals surface area contributed by atoms with Crippen LogP contribution in [-0.4, -0.2) is 23.9 Å². The molecule has 3 nitrogen and oxygen atoms in total. The highest BCUT2D eigenvalue weighted by Crippen LogP contribution is 2.44. The molecule has 2 unspecified atom stereocenters. The van der Waals surface area contributed by atoms with Gasteiger partial charge in [0.1, 0.15) is 0 Å². The number of benzene rings is 1. The van der Waals surface area contributed by atoms with Gasteiger partial charge < -0.3 is 10.6 Å². The van der Waals surface area contributed by atoms with Crippen molar-refractivity contribution in [1.29, 1.82) is 0 Å². The van der Waals surface area contributed by atoms with E-state index in [1.165, 1.54) is 44.9 Å². The average Bonchev–Trinajstić information content (AvgIpc) is 2.62. The molecule has 0 aromatic heterocycles. The molecule has 2 aliphatic rings. The summed E-state index contributed by atoms with van der Waals surface area (Å²) in [6.07, 6.45) is 9.26. The molecule has 4 heteroatoms. The Labute approximate surface area is 152 Å². The Balaban J connectivity index is 0.00000208. The van der Waals surface area contributed by atoms with Gasteiger partial charge in [0.2, 0.25) is 5.91 Å². The highest BCUT2D eigenvalue weighted by Gasteiger charge is 2.38. The Morgan fingerprint density at radius 2 is 1.62 bits per heavy atom. The molecule has 1 amide bonds. The highest BCUT2D eigenvalue weighted by atomic mass is 35.5. The lowest BCUT2D eigenvalue weighted by Gasteiger charge is -2.45. The molecule has 3 rings (SSSR count). The molecule has 1 aliphatic heterocycles. The number of nitrogens with zero attached hydrogens (tertiary/aromatic N) is 1. The summed E-state index contributed by atoms with van der Waals surface area (Å²) < 4.78 is 0. The number of likely N-dealkylation sites (tertiary alicyclic amines) is 1. The van der Waals surface area contributed by atoms with Crippen LogP contribution < -0.4 is 5.73 Å². The summed E-state index contributed by atoms with van der Waals surface area (Å²) >= 11 is 0. The molecular weight excluding hydrogens is 320 g/mol. The lowest BCUT2D eigenvalue weighted by molar-refractivity contribution is -0.138. The molecule has 134 valence electrons. The van der Waals surface area contributed by atoms with Gasteiger partial charge in [0.25, 0.3) is 0 Å². The van der Waals surface area contributed by atoms with E-state index in [1.807, 2.05) is 37.3 Å². The van der Waals surface area contributed by atoms with E-state index in [9.17, 15) is 4.79 Å². The van der Waals surface area contributed by atoms with E-state index in [-0.39, 0.29) is 30.3 Å². The minimum atomic E-state index is -0.214. The average molecular weight is 351 g/mol. The van der Waals surface area contributed by atoms with Crippen LogP contribution >= 0.6 is 12.4 Å². The molecule has 1 saturated heterocycles. The molecule has 1 aromatic carbocycles. The van der Waals surface area contributed by atoms with Crippen molar-refractivity contribution in [3.63, 3.8) is 0 Å². The fraction of sp³-hybridized carbons (Fsp3) is 0.650. The smallest absolute Gasteiger partial charge is 0.227 e. The lowest BCUT2D eigenvalue weighted by atomic mass is 9.68. The maximum Gasteiger partial charge on any atom is 0.227 e. The van der Waals surface area contributed by atoms with Gasteiger partial charge in [-0.05, 0) is 36.7 Å². The molecule has 0 bridgehead atoms. The number of nitrogens with two attached hydrogens (primary N) is 1. The summed E-state index contributed by atoms with van der Waals surface area (Å²) in [7, 11) is 0. The zero-order chi connectivity index (χ0) is 16.3. The summed E-state index contributed by atoms with van der Waals surface area (Å²) in [4.78, 5) is 14.9. The fourth-order valence-electron chi connectivity index (χ4n) is 4.41. The minimum absolute atomic E-state index is 0. The summed E-state index contributed by atoms with van der Waals surface area (Å²) in [6, 6.07) is 9.77. The van der Waals surface area contributed by atoms with Gasteiger partial charge in [0, 0.05) is 19.1 Å². The van der Waals surface area contributed by atoms with Crippen LogP contribution in [0.3, 0.4) is 0 Å².